The van der Waals surface area contributed by atoms with E-state index in [0.717, 1.165) is 15.7 Å². The molecule has 150 valence electrons. The van der Waals surface area contributed by atoms with Gasteiger partial charge in [0.2, 0.25) is 11.8 Å². The molecular formula is C21H20BN5O3. The minimum atomic E-state index is -1.21. The molecule has 0 bridgehead atoms. The highest BCUT2D eigenvalue weighted by Crippen LogP contribution is 2.22. The van der Waals surface area contributed by atoms with Crippen LogP contribution in [0.4, 0.5) is 5.69 Å². The number of hydrogen-bond acceptors (Lipinski definition) is 6. The summed E-state index contributed by atoms with van der Waals surface area (Å²) in [5.74, 6) is -1.26. The zero-order chi connectivity index (χ0) is 21.3. The minimum absolute atomic E-state index is 0.0860. The van der Waals surface area contributed by atoms with E-state index in [4.69, 9.17) is 5.73 Å². The predicted molar refractivity (Wildman–Crippen MR) is 116 cm³/mol. The van der Waals surface area contributed by atoms with Gasteiger partial charge in [0, 0.05) is 36.9 Å². The summed E-state index contributed by atoms with van der Waals surface area (Å²) in [5, 5.41) is 19.3. The number of rotatable bonds is 4. The molecule has 1 aliphatic heterocycles. The van der Waals surface area contributed by atoms with Crippen molar-refractivity contribution in [1.29, 1.82) is 0 Å². The molecule has 2 heterocycles. The van der Waals surface area contributed by atoms with Gasteiger partial charge in [-0.1, -0.05) is 24.3 Å². The average molecular weight is 401 g/mol. The number of pyridine rings is 1. The summed E-state index contributed by atoms with van der Waals surface area (Å²) in [6.45, 7) is 1.41. The van der Waals surface area contributed by atoms with E-state index in [1.165, 1.54) is 13.1 Å². The van der Waals surface area contributed by atoms with Gasteiger partial charge in [0.05, 0.1) is 12.1 Å². The number of hydrogen-bond donors (Lipinski definition) is 3. The van der Waals surface area contributed by atoms with Crippen LogP contribution in [0.15, 0.2) is 60.0 Å². The Morgan fingerprint density at radius 2 is 2.03 bits per heavy atom. The molecule has 1 atom stereocenters. The third-order valence-electron chi connectivity index (χ3n) is 5.13. The highest BCUT2D eigenvalue weighted by atomic mass is 16.2. The fourth-order valence-electron chi connectivity index (χ4n) is 3.51. The van der Waals surface area contributed by atoms with Crippen molar-refractivity contribution < 1.29 is 14.6 Å². The Kier molecular flexibility index (Phi) is 5.30. The lowest BCUT2D eigenvalue weighted by Crippen LogP contribution is -2.52. The van der Waals surface area contributed by atoms with Gasteiger partial charge in [-0.25, -0.2) is 4.92 Å². The second kappa shape index (κ2) is 8.06. The Morgan fingerprint density at radius 1 is 1.20 bits per heavy atom. The molecule has 30 heavy (non-hydrogen) atoms. The molecule has 1 unspecified atom stereocenters. The Morgan fingerprint density at radius 3 is 2.80 bits per heavy atom. The molecule has 2 aromatic carbocycles. The molecule has 0 spiro atoms. The number of nitrogens with one attached hydrogen (secondary N) is 1. The van der Waals surface area contributed by atoms with Gasteiger partial charge in [-0.2, -0.15) is 5.10 Å². The van der Waals surface area contributed by atoms with Crippen molar-refractivity contribution in [1.82, 2.24) is 9.90 Å². The molecule has 8 nitrogen and oxygen atoms in total. The van der Waals surface area contributed by atoms with Crippen LogP contribution in [0.2, 0.25) is 0 Å². The van der Waals surface area contributed by atoms with Crippen LogP contribution in [0.5, 0.6) is 0 Å². The topological polar surface area (TPSA) is 121 Å². The first kappa shape index (κ1) is 19.7. The number of nitrogens with zero attached hydrogens (tertiary/aromatic N) is 3. The van der Waals surface area contributed by atoms with E-state index in [0.29, 0.717) is 22.3 Å². The molecule has 2 amide bonds. The van der Waals surface area contributed by atoms with Crippen LogP contribution in [-0.2, 0) is 9.59 Å². The largest absolute Gasteiger partial charge is 0.474 e. The SMILES string of the molecule is CC(=O)N1N=Cc2ccc(C(CN)C(=O)Nc3ccc4cnccc4c3)cc2B1O. The molecule has 4 N–H and O–H groups in total. The van der Waals surface area contributed by atoms with Crippen molar-refractivity contribution in [3.63, 3.8) is 0 Å². The molecule has 0 fully saturated rings. The molecule has 0 saturated carbocycles. The number of amides is 2. The van der Waals surface area contributed by atoms with Gasteiger partial charge in [0.1, 0.15) is 0 Å². The molecule has 4 rings (SSSR count). The zero-order valence-corrected chi connectivity index (χ0v) is 16.3. The fraction of sp³-hybridized carbons (Fsp3) is 0.143. The molecular weight excluding hydrogens is 381 g/mol. The van der Waals surface area contributed by atoms with Crippen LogP contribution >= 0.6 is 0 Å². The smallest absolute Gasteiger partial charge is 0.427 e. The predicted octanol–water partition coefficient (Wildman–Crippen LogP) is 0.799. The normalized spacial score (nSPS) is 13.8. The first-order valence-electron chi connectivity index (χ1n) is 9.48. The molecule has 0 aliphatic carbocycles. The second-order valence-corrected chi connectivity index (χ2v) is 7.09. The van der Waals surface area contributed by atoms with Crippen LogP contribution in [0.3, 0.4) is 0 Å². The lowest BCUT2D eigenvalue weighted by Gasteiger charge is -2.25. The molecule has 1 aliphatic rings. The van der Waals surface area contributed by atoms with Gasteiger partial charge < -0.3 is 16.1 Å². The first-order chi connectivity index (χ1) is 14.5. The van der Waals surface area contributed by atoms with Crippen molar-refractivity contribution in [2.45, 2.75) is 12.8 Å². The van der Waals surface area contributed by atoms with Crippen molar-refractivity contribution in [3.8, 4) is 0 Å². The van der Waals surface area contributed by atoms with Gasteiger partial charge in [0.15, 0.2) is 0 Å². The molecule has 0 radical (unpaired) electrons. The standard InChI is InChI=1S/C21H20BN5O3/c1-13(28)27-22(30)20-9-15(2-3-17(20)12-25-27)19(10-23)21(29)26-18-5-4-16-11-24-7-6-14(16)8-18/h2-9,11-12,19,30H,10,23H2,1H3,(H,26,29). The quantitative estimate of drug-likeness (QED) is 0.559. The Balaban J connectivity index is 1.60. The number of fused-ring (bicyclic) bond motifs is 2. The van der Waals surface area contributed by atoms with E-state index in [-0.39, 0.29) is 18.4 Å². The third kappa shape index (κ3) is 3.68. The number of hydrazone groups is 1. The second-order valence-electron chi connectivity index (χ2n) is 7.09. The van der Waals surface area contributed by atoms with Crippen LogP contribution in [-0.4, -0.2) is 46.6 Å². The van der Waals surface area contributed by atoms with Gasteiger partial charge in [-0.15, -0.1) is 0 Å². The van der Waals surface area contributed by atoms with Crippen LogP contribution in [0.1, 0.15) is 24.0 Å². The lowest BCUT2D eigenvalue weighted by atomic mass is 9.68. The van der Waals surface area contributed by atoms with E-state index < -0.39 is 13.0 Å². The van der Waals surface area contributed by atoms with Gasteiger partial charge in [0.25, 0.3) is 0 Å². The van der Waals surface area contributed by atoms with E-state index in [1.54, 1.807) is 30.6 Å². The van der Waals surface area contributed by atoms with Gasteiger partial charge in [-0.3, -0.25) is 14.6 Å². The number of carbonyl (C=O) groups excluding carboxylic acids is 2. The summed E-state index contributed by atoms with van der Waals surface area (Å²) in [5.41, 5.74) is 8.41. The van der Waals surface area contributed by atoms with E-state index >= 15 is 0 Å². The van der Waals surface area contributed by atoms with Crippen molar-refractivity contribution >= 4 is 47.0 Å². The number of nitrogens with two attached hydrogens (primary N) is 1. The molecule has 9 heteroatoms. The van der Waals surface area contributed by atoms with Gasteiger partial charge >= 0.3 is 7.05 Å². The highest BCUT2D eigenvalue weighted by molar-refractivity contribution is 6.67. The summed E-state index contributed by atoms with van der Waals surface area (Å²) < 4.78 is 0. The van der Waals surface area contributed by atoms with Gasteiger partial charge in [-0.05, 0) is 40.2 Å². The molecule has 3 aromatic rings. The Hall–Kier alpha value is -3.56. The monoisotopic (exact) mass is 401 g/mol. The summed E-state index contributed by atoms with van der Waals surface area (Å²) in [7, 11) is -1.21. The molecule has 1 aromatic heterocycles. The lowest BCUT2D eigenvalue weighted by molar-refractivity contribution is -0.125. The fourth-order valence-corrected chi connectivity index (χ4v) is 3.51. The first-order valence-corrected chi connectivity index (χ1v) is 9.48. The van der Waals surface area contributed by atoms with E-state index in [9.17, 15) is 14.6 Å². The van der Waals surface area contributed by atoms with Crippen LogP contribution in [0, 0.1) is 0 Å². The maximum atomic E-state index is 12.9. The summed E-state index contributed by atoms with van der Waals surface area (Å²) in [4.78, 5) is 29.7. The maximum Gasteiger partial charge on any atom is 0.474 e. The number of anilines is 1. The highest BCUT2D eigenvalue weighted by Gasteiger charge is 2.33. The van der Waals surface area contributed by atoms with E-state index in [2.05, 4.69) is 15.4 Å². The minimum Gasteiger partial charge on any atom is -0.427 e. The number of benzene rings is 2. The van der Waals surface area contributed by atoms with Crippen molar-refractivity contribution in [2.75, 3.05) is 11.9 Å². The number of aromatic nitrogens is 1. The summed E-state index contributed by atoms with van der Waals surface area (Å²) >= 11 is 0. The number of carbonyl (C=O) groups is 2. The average Bonchev–Trinajstić information content (AvgIpc) is 2.74. The van der Waals surface area contributed by atoms with Crippen molar-refractivity contribution in [2.24, 2.45) is 10.8 Å². The zero-order valence-electron chi connectivity index (χ0n) is 16.3. The Bertz CT molecular complexity index is 1170. The van der Waals surface area contributed by atoms with Crippen LogP contribution in [0.25, 0.3) is 10.8 Å². The van der Waals surface area contributed by atoms with Crippen LogP contribution < -0.4 is 16.5 Å². The van der Waals surface area contributed by atoms with Crippen molar-refractivity contribution in [3.05, 3.63) is 66.0 Å². The summed E-state index contributed by atoms with van der Waals surface area (Å²) in [6.07, 6.45) is 4.97. The third-order valence-corrected chi connectivity index (χ3v) is 5.13. The molecule has 0 saturated heterocycles. The Labute approximate surface area is 173 Å². The van der Waals surface area contributed by atoms with E-state index in [1.807, 2.05) is 24.3 Å². The maximum absolute atomic E-state index is 12.9. The summed E-state index contributed by atoms with van der Waals surface area (Å²) in [6, 6.07) is 12.7.